The van der Waals surface area contributed by atoms with Gasteiger partial charge in [-0.2, -0.15) is 5.10 Å². The van der Waals surface area contributed by atoms with Crippen LogP contribution in [0.25, 0.3) is 26.8 Å². The number of ether oxygens (including phenoxy) is 1. The topological polar surface area (TPSA) is 474 Å². The number of primary amides is 1. The molecule has 13 atom stereocenters. The van der Waals surface area contributed by atoms with Crippen LogP contribution in [0, 0.1) is 5.92 Å². The molecule has 8 amide bonds. The minimum atomic E-state index is -2.23. The number of carbonyl (C=O) groups excluding carboxylic acids is 8. The third kappa shape index (κ3) is 18.9. The molecule has 2 aromatic heterocycles. The van der Waals surface area contributed by atoms with Crippen LogP contribution in [0.4, 0.5) is 0 Å². The van der Waals surface area contributed by atoms with Gasteiger partial charge < -0.3 is 92.0 Å². The molecule has 3 fully saturated rings. The van der Waals surface area contributed by atoms with Crippen LogP contribution >= 0.6 is 23.7 Å². The number of nitrogens with two attached hydrogens (primary N) is 1. The molecule has 35 heteroatoms. The third-order valence-corrected chi connectivity index (χ3v) is 17.2. The first kappa shape index (κ1) is 74.0. The summed E-state index contributed by atoms with van der Waals surface area (Å²) >= 11 is 1.24. The SMILES string of the molecule is CCCCCCOc1ccc(-n2cc(-c3nnc(-c4ccc(C(=O)NC5CC(O)CNC(=O)C6C(O)C(C)CN6C(=O)C(C(O)CC(N)=O)NC(=O)C(C(O)Cc6ccc(O)c(OSOO[O-])c6)NC(=O)C6CC(O)CN6C(=O)C(C(C)O)NC5=O)cc4)s3)cn2)cc1.[Na+]. The summed E-state index contributed by atoms with van der Waals surface area (Å²) in [5.74, 6) is -10.5. The summed E-state index contributed by atoms with van der Waals surface area (Å²) in [6.07, 6.45) is -5.91. The van der Waals surface area contributed by atoms with E-state index in [0.29, 0.717) is 27.7 Å². The number of aliphatic hydroxyl groups excluding tert-OH is 6. The Labute approximate surface area is 568 Å². The second-order valence-corrected chi connectivity index (χ2v) is 24.2. The van der Waals surface area contributed by atoms with E-state index in [1.54, 1.807) is 29.2 Å². The first-order chi connectivity index (χ1) is 44.4. The average Bonchev–Trinajstić information content (AvgIpc) is 1.62. The second-order valence-electron chi connectivity index (χ2n) is 22.8. The number of hydrogen-bond donors (Lipinski definition) is 13. The van der Waals surface area contributed by atoms with Crippen molar-refractivity contribution >= 4 is 70.9 Å². The maximum atomic E-state index is 14.7. The molecule has 5 aromatic rings. The molecule has 3 saturated heterocycles. The van der Waals surface area contributed by atoms with Gasteiger partial charge in [-0.1, -0.05) is 62.6 Å². The number of hydrogen-bond acceptors (Lipinski definition) is 25. The Morgan fingerprint density at radius 1 is 0.809 bits per heavy atom. The van der Waals surface area contributed by atoms with Crippen molar-refractivity contribution in [2.24, 2.45) is 11.7 Å². The smallest absolute Gasteiger partial charge is 0.691 e. The van der Waals surface area contributed by atoms with Gasteiger partial charge in [0.15, 0.2) is 16.5 Å². The average molecular weight is 1360 g/mol. The number of aromatic hydroxyl groups is 1. The molecule has 0 aliphatic carbocycles. The van der Waals surface area contributed by atoms with Crippen molar-refractivity contribution in [1.29, 1.82) is 0 Å². The van der Waals surface area contributed by atoms with Crippen molar-refractivity contribution < 1.29 is 127 Å². The zero-order valence-corrected chi connectivity index (χ0v) is 55.1. The van der Waals surface area contributed by atoms with Crippen LogP contribution in [0.15, 0.2) is 79.1 Å². The first-order valence-electron chi connectivity index (χ1n) is 29.8. The monoisotopic (exact) mass is 1360 g/mol. The van der Waals surface area contributed by atoms with Gasteiger partial charge >= 0.3 is 29.6 Å². The number of carbonyl (C=O) groups is 8. The molecule has 13 unspecified atom stereocenters. The second kappa shape index (κ2) is 34.3. The van der Waals surface area contributed by atoms with Crippen LogP contribution in [-0.2, 0) is 49.4 Å². The number of phenols is 1. The van der Waals surface area contributed by atoms with Crippen LogP contribution in [0.1, 0.15) is 81.6 Å². The molecule has 502 valence electrons. The van der Waals surface area contributed by atoms with Crippen molar-refractivity contribution in [3.05, 3.63) is 90.3 Å². The zero-order chi connectivity index (χ0) is 67.2. The molecule has 3 aromatic carbocycles. The standard InChI is InChI=1S/C59H74N12O20S2.Na/c1-4-5-6-7-18-88-38-15-13-35(14-16-38)71-27-34(24-62-71)57-68-67-56(92-57)33-11-9-32(10-12-33)51(80)63-39-21-36(73)25-61-55(84)49-50(79)29(2)26-70(49)59(86)48(43(77)23-45(60)78)66-54(83)47(42(76)19-31-8-17-41(75)44(20-31)89-93-91-90-87)65-53(82)40-22-37(74)28-69(40)58(85)46(30(3)72)64-52(39)81;/h8-17,20,24,27,29-30,36-37,39-40,42-43,46-50,72-77,79,87H,4-7,18-19,21-23,25-26,28H2,1-3H3,(H2,60,78)(H,61,84)(H,63,80)(H,64,81)(H,65,82)(H,66,83);/q;+1/p-1. The maximum absolute atomic E-state index is 14.7. The minimum absolute atomic E-state index is 0. The number of phenolic OH excluding ortho intramolecular Hbond substituents is 1. The van der Waals surface area contributed by atoms with E-state index >= 15 is 0 Å². The van der Waals surface area contributed by atoms with Crippen molar-refractivity contribution in [3.63, 3.8) is 0 Å². The zero-order valence-electron chi connectivity index (χ0n) is 51.5. The summed E-state index contributed by atoms with van der Waals surface area (Å²) in [6.45, 7) is 3.61. The molecule has 3 aliphatic heterocycles. The number of amides is 8. The summed E-state index contributed by atoms with van der Waals surface area (Å²) in [4.78, 5) is 115. The van der Waals surface area contributed by atoms with Crippen molar-refractivity contribution in [3.8, 4) is 44.1 Å². The van der Waals surface area contributed by atoms with E-state index in [9.17, 15) is 79.4 Å². The third-order valence-electron chi connectivity index (χ3n) is 15.8. The number of aliphatic hydroxyl groups is 6. The quantitative estimate of drug-likeness (QED) is 0.0101. The number of unbranched alkanes of at least 4 members (excludes halogenated alkanes) is 3. The summed E-state index contributed by atoms with van der Waals surface area (Å²) in [5, 5.41) is 118. The molecule has 0 saturated carbocycles. The normalized spacial score (nSPS) is 24.2. The van der Waals surface area contributed by atoms with Crippen LogP contribution in [0.2, 0.25) is 0 Å². The molecular weight excluding hydrogens is 1280 g/mol. The van der Waals surface area contributed by atoms with Crippen LogP contribution in [-0.4, -0.2) is 212 Å². The van der Waals surface area contributed by atoms with Gasteiger partial charge in [-0.25, -0.2) is 4.68 Å². The van der Waals surface area contributed by atoms with E-state index in [4.69, 9.17) is 14.7 Å². The fraction of sp³-hybridized carbons (Fsp3) is 0.475. The first-order valence-corrected chi connectivity index (χ1v) is 31.2. The Morgan fingerprint density at radius 2 is 1.49 bits per heavy atom. The number of benzene rings is 3. The number of β-amino-alcohol motifs (C(OH)–C–C–N with tert-alkyl or cyclic N) is 1. The molecule has 8 rings (SSSR count). The van der Waals surface area contributed by atoms with Crippen LogP contribution in [0.5, 0.6) is 17.2 Å². The molecule has 0 radical (unpaired) electrons. The Bertz CT molecular complexity index is 3440. The van der Waals surface area contributed by atoms with E-state index in [0.717, 1.165) is 66.0 Å². The van der Waals surface area contributed by atoms with E-state index in [1.807, 2.05) is 24.3 Å². The van der Waals surface area contributed by atoms with Gasteiger partial charge in [0, 0.05) is 62.1 Å². The molecule has 94 heavy (non-hydrogen) atoms. The van der Waals surface area contributed by atoms with Gasteiger partial charge in [0.2, 0.25) is 41.4 Å². The summed E-state index contributed by atoms with van der Waals surface area (Å²) in [5.41, 5.74) is 7.49. The molecular formula is C59H73N12NaO20S2. The van der Waals surface area contributed by atoms with Gasteiger partial charge in [-0.15, -0.1) is 14.5 Å². The van der Waals surface area contributed by atoms with Gasteiger partial charge in [0.1, 0.15) is 47.0 Å². The number of nitrogens with zero attached hydrogens (tertiary/aromatic N) is 6. The van der Waals surface area contributed by atoms with Crippen molar-refractivity contribution in [1.82, 2.24) is 56.4 Å². The van der Waals surface area contributed by atoms with Crippen molar-refractivity contribution in [2.75, 3.05) is 26.2 Å². The fourth-order valence-corrected chi connectivity index (χ4v) is 11.9. The molecule has 32 nitrogen and oxygen atoms in total. The van der Waals surface area contributed by atoms with Crippen LogP contribution in [0.3, 0.4) is 0 Å². The fourth-order valence-electron chi connectivity index (χ4n) is 10.9. The number of nitrogens with one attached hydrogen (secondary N) is 5. The maximum Gasteiger partial charge on any atom is 1.00 e. The van der Waals surface area contributed by atoms with Gasteiger partial charge in [0.05, 0.1) is 67.1 Å². The van der Waals surface area contributed by atoms with Gasteiger partial charge in [-0.3, -0.25) is 43.4 Å². The minimum Gasteiger partial charge on any atom is -0.691 e. The van der Waals surface area contributed by atoms with E-state index < -0.39 is 177 Å². The number of aromatic nitrogens is 4. The van der Waals surface area contributed by atoms with E-state index in [1.165, 1.54) is 36.5 Å². The van der Waals surface area contributed by atoms with E-state index in [-0.39, 0.29) is 58.8 Å². The molecule has 0 bridgehead atoms. The Balaban J connectivity index is 0.0000125. The predicted octanol–water partition coefficient (Wildman–Crippen LogP) is -5.28. The Morgan fingerprint density at radius 3 is 2.17 bits per heavy atom. The molecule has 0 spiro atoms. The number of rotatable bonds is 22. The van der Waals surface area contributed by atoms with Crippen molar-refractivity contribution in [2.45, 2.75) is 145 Å². The summed E-state index contributed by atoms with van der Waals surface area (Å²) in [6, 6.07) is 5.22. The largest absolute Gasteiger partial charge is 1.00 e. The van der Waals surface area contributed by atoms with Crippen LogP contribution < -0.4 is 76.1 Å². The van der Waals surface area contributed by atoms with E-state index in [2.05, 4.69) is 58.2 Å². The Kier molecular flexibility index (Phi) is 27.0. The summed E-state index contributed by atoms with van der Waals surface area (Å²) < 4.78 is 16.7. The molecule has 3 aliphatic rings. The Hall–Kier alpha value is -7.42. The molecule has 14 N–H and O–H groups in total. The molecule has 5 heterocycles. The number of fused-ring (bicyclic) bond motifs is 2. The predicted molar refractivity (Wildman–Crippen MR) is 325 cm³/mol. The summed E-state index contributed by atoms with van der Waals surface area (Å²) in [7, 11) is 0. The van der Waals surface area contributed by atoms with Gasteiger partial charge in [-0.05, 0) is 67.4 Å². The van der Waals surface area contributed by atoms with Gasteiger partial charge in [0.25, 0.3) is 18.2 Å².